The molecule has 0 amide bonds. The van der Waals surface area contributed by atoms with Gasteiger partial charge in [-0.15, -0.1) is 0 Å². The molecule has 2 fully saturated rings. The lowest BCUT2D eigenvalue weighted by molar-refractivity contribution is 0.109. The van der Waals surface area contributed by atoms with Crippen LogP contribution in [0.1, 0.15) is 39.0 Å². The summed E-state index contributed by atoms with van der Waals surface area (Å²) in [5, 5.41) is 9.13. The maximum Gasteiger partial charge on any atom is 0.116 e. The average molecular weight is 263 g/mol. The number of nitrogens with zero attached hydrogens (tertiary/aromatic N) is 2. The lowest BCUT2D eigenvalue weighted by Crippen LogP contribution is -2.41. The van der Waals surface area contributed by atoms with Crippen LogP contribution in [0.15, 0.2) is 11.3 Å². The van der Waals surface area contributed by atoms with Gasteiger partial charge in [-0.2, -0.15) is 5.26 Å². The number of piperidine rings is 1. The summed E-state index contributed by atoms with van der Waals surface area (Å²) in [6.45, 7) is 4.09. The Bertz CT molecular complexity index is 408. The van der Waals surface area contributed by atoms with E-state index in [0.717, 1.165) is 30.6 Å². The van der Waals surface area contributed by atoms with Gasteiger partial charge in [0.15, 0.2) is 0 Å². The fourth-order valence-electron chi connectivity index (χ4n) is 3.38. The van der Waals surface area contributed by atoms with Gasteiger partial charge in [0.05, 0.1) is 0 Å². The molecule has 1 saturated carbocycles. The molecule has 0 aromatic rings. The van der Waals surface area contributed by atoms with E-state index in [4.69, 9.17) is 23.2 Å². The van der Waals surface area contributed by atoms with Crippen LogP contribution in [-0.2, 0) is 0 Å². The summed E-state index contributed by atoms with van der Waals surface area (Å²) >= 11 is 4.95. The van der Waals surface area contributed by atoms with Crippen molar-refractivity contribution in [3.8, 4) is 6.07 Å². The zero-order valence-electron chi connectivity index (χ0n) is 11.0. The fraction of sp³-hybridized carbons (Fsp3) is 0.714. The lowest BCUT2D eigenvalue weighted by Gasteiger charge is -2.42. The van der Waals surface area contributed by atoms with Crippen molar-refractivity contribution in [1.82, 2.24) is 4.90 Å². The van der Waals surface area contributed by atoms with E-state index < -0.39 is 0 Å². The topological polar surface area (TPSA) is 53.1 Å². The van der Waals surface area contributed by atoms with E-state index in [1.807, 2.05) is 6.92 Å². The first-order valence-corrected chi connectivity index (χ1v) is 7.20. The summed E-state index contributed by atoms with van der Waals surface area (Å²) in [5.74, 6) is 1.70. The molecule has 2 unspecified atom stereocenters. The molecule has 1 aliphatic heterocycles. The van der Waals surface area contributed by atoms with Crippen molar-refractivity contribution < 1.29 is 0 Å². The normalized spacial score (nSPS) is 29.0. The van der Waals surface area contributed by atoms with Gasteiger partial charge in [-0.3, -0.25) is 0 Å². The van der Waals surface area contributed by atoms with Crippen molar-refractivity contribution >= 4 is 17.2 Å². The predicted molar refractivity (Wildman–Crippen MR) is 76.7 cm³/mol. The smallest absolute Gasteiger partial charge is 0.116 e. The summed E-state index contributed by atoms with van der Waals surface area (Å²) in [4.78, 5) is 2.53. The van der Waals surface area contributed by atoms with Crippen LogP contribution in [-0.4, -0.2) is 23.0 Å². The molecule has 18 heavy (non-hydrogen) atoms. The van der Waals surface area contributed by atoms with Crippen molar-refractivity contribution in [3.63, 3.8) is 0 Å². The molecule has 0 aromatic heterocycles. The monoisotopic (exact) mass is 263 g/mol. The maximum absolute atomic E-state index is 9.13. The van der Waals surface area contributed by atoms with Gasteiger partial charge in [0.1, 0.15) is 16.6 Å². The number of allylic oxidation sites excluding steroid dienone is 1. The van der Waals surface area contributed by atoms with Crippen LogP contribution in [0.4, 0.5) is 0 Å². The number of fused-ring (bicyclic) bond motifs is 1. The summed E-state index contributed by atoms with van der Waals surface area (Å²) < 4.78 is 0. The van der Waals surface area contributed by atoms with E-state index in [-0.39, 0.29) is 4.99 Å². The van der Waals surface area contributed by atoms with Crippen molar-refractivity contribution in [2.24, 2.45) is 17.6 Å². The number of likely N-dealkylation sites (tertiary alicyclic amines) is 1. The molecule has 2 rings (SSSR count). The minimum absolute atomic E-state index is 0.223. The Kier molecular flexibility index (Phi) is 4.23. The minimum atomic E-state index is 0.223. The third-order valence-corrected chi connectivity index (χ3v) is 4.69. The van der Waals surface area contributed by atoms with Crippen LogP contribution >= 0.6 is 12.2 Å². The predicted octanol–water partition coefficient (Wildman–Crippen LogP) is 2.58. The summed E-state index contributed by atoms with van der Waals surface area (Å²) in [5.41, 5.74) is 7.06. The van der Waals surface area contributed by atoms with Gasteiger partial charge in [0, 0.05) is 18.8 Å². The van der Waals surface area contributed by atoms with Gasteiger partial charge in [-0.05, 0) is 31.6 Å². The van der Waals surface area contributed by atoms with Crippen LogP contribution in [0.25, 0.3) is 0 Å². The Morgan fingerprint density at radius 3 is 2.56 bits per heavy atom. The minimum Gasteiger partial charge on any atom is -0.389 e. The largest absolute Gasteiger partial charge is 0.389 e. The van der Waals surface area contributed by atoms with Gasteiger partial charge >= 0.3 is 0 Å². The van der Waals surface area contributed by atoms with E-state index in [0.29, 0.717) is 5.57 Å². The second kappa shape index (κ2) is 5.71. The van der Waals surface area contributed by atoms with E-state index >= 15 is 0 Å². The van der Waals surface area contributed by atoms with Gasteiger partial charge in [-0.1, -0.05) is 31.5 Å². The highest BCUT2D eigenvalue weighted by atomic mass is 32.1. The van der Waals surface area contributed by atoms with Crippen molar-refractivity contribution in [1.29, 1.82) is 5.26 Å². The number of hydrogen-bond acceptors (Lipinski definition) is 3. The molecule has 1 aliphatic carbocycles. The zero-order valence-corrected chi connectivity index (χ0v) is 11.8. The number of hydrogen-bond donors (Lipinski definition) is 1. The first-order valence-electron chi connectivity index (χ1n) is 6.79. The van der Waals surface area contributed by atoms with Crippen LogP contribution in [0.2, 0.25) is 0 Å². The maximum atomic E-state index is 9.13. The number of nitriles is 1. The number of rotatable bonds is 2. The lowest BCUT2D eigenvalue weighted by atomic mass is 9.75. The summed E-state index contributed by atoms with van der Waals surface area (Å²) in [6.07, 6.45) is 6.73. The Morgan fingerprint density at radius 1 is 1.28 bits per heavy atom. The molecule has 0 radical (unpaired) electrons. The highest BCUT2D eigenvalue weighted by Crippen LogP contribution is 2.37. The van der Waals surface area contributed by atoms with Gasteiger partial charge in [0.25, 0.3) is 0 Å². The Morgan fingerprint density at radius 2 is 1.94 bits per heavy atom. The van der Waals surface area contributed by atoms with Crippen LogP contribution in [0.5, 0.6) is 0 Å². The Balaban J connectivity index is 2.11. The highest BCUT2D eigenvalue weighted by Gasteiger charge is 2.31. The second-order valence-corrected chi connectivity index (χ2v) is 5.92. The third-order valence-electron chi connectivity index (χ3n) is 4.49. The first-order chi connectivity index (χ1) is 8.63. The number of nitrogens with two attached hydrogens (primary N) is 1. The van der Waals surface area contributed by atoms with Crippen LogP contribution in [0.3, 0.4) is 0 Å². The van der Waals surface area contributed by atoms with Gasteiger partial charge in [-0.25, -0.2) is 0 Å². The molecule has 2 aliphatic rings. The first kappa shape index (κ1) is 13.4. The third kappa shape index (κ3) is 2.67. The SMILES string of the molecule is C/C(=C(/C#N)C(N)=S)N1CCC2CCCCC2C1. The van der Waals surface area contributed by atoms with E-state index in [1.54, 1.807) is 0 Å². The molecule has 0 aromatic carbocycles. The average Bonchev–Trinajstić information content (AvgIpc) is 2.38. The van der Waals surface area contributed by atoms with Crippen molar-refractivity contribution in [2.75, 3.05) is 13.1 Å². The quantitative estimate of drug-likeness (QED) is 0.472. The second-order valence-electron chi connectivity index (χ2n) is 5.48. The fourth-order valence-corrected chi connectivity index (χ4v) is 3.57. The molecule has 2 N–H and O–H groups in total. The van der Waals surface area contributed by atoms with Gasteiger partial charge in [0.2, 0.25) is 0 Å². The highest BCUT2D eigenvalue weighted by molar-refractivity contribution is 7.80. The zero-order chi connectivity index (χ0) is 13.1. The van der Waals surface area contributed by atoms with E-state index in [9.17, 15) is 0 Å². The molecule has 4 heteroatoms. The summed E-state index contributed by atoms with van der Waals surface area (Å²) in [7, 11) is 0. The standard InChI is InChI=1S/C14H21N3S/c1-10(13(8-15)14(16)18)17-7-6-11-4-2-3-5-12(11)9-17/h11-12H,2-7,9H2,1H3,(H2,16,18)/b13-10+. The van der Waals surface area contributed by atoms with Crippen LogP contribution < -0.4 is 5.73 Å². The Hall–Kier alpha value is -1.08. The summed E-state index contributed by atoms with van der Waals surface area (Å²) in [6, 6.07) is 2.14. The van der Waals surface area contributed by atoms with E-state index in [1.165, 1.54) is 32.1 Å². The van der Waals surface area contributed by atoms with Crippen molar-refractivity contribution in [3.05, 3.63) is 11.3 Å². The van der Waals surface area contributed by atoms with Gasteiger partial charge < -0.3 is 10.6 Å². The molecular formula is C14H21N3S. The molecule has 1 saturated heterocycles. The molecular weight excluding hydrogens is 242 g/mol. The Labute approximate surface area is 115 Å². The molecule has 1 heterocycles. The molecule has 0 bridgehead atoms. The molecule has 0 spiro atoms. The number of thiocarbonyl (C=S) groups is 1. The van der Waals surface area contributed by atoms with Crippen LogP contribution in [0, 0.1) is 23.2 Å². The van der Waals surface area contributed by atoms with Crippen molar-refractivity contribution in [2.45, 2.75) is 39.0 Å². The molecule has 98 valence electrons. The van der Waals surface area contributed by atoms with E-state index in [2.05, 4.69) is 11.0 Å². The molecule has 3 nitrogen and oxygen atoms in total. The molecule has 2 atom stereocenters.